The molecule has 0 aromatic heterocycles. The molecule has 1 aromatic rings. The van der Waals surface area contributed by atoms with Crippen LogP contribution in [0.3, 0.4) is 0 Å². The van der Waals surface area contributed by atoms with Gasteiger partial charge in [0.1, 0.15) is 6.04 Å². The van der Waals surface area contributed by atoms with Crippen molar-refractivity contribution in [2.45, 2.75) is 25.3 Å². The van der Waals surface area contributed by atoms with Crippen LogP contribution in [0.2, 0.25) is 0 Å². The van der Waals surface area contributed by atoms with Crippen LogP contribution in [0.15, 0.2) is 24.3 Å². The second-order valence-electron chi connectivity index (χ2n) is 5.27. The highest BCUT2D eigenvalue weighted by atomic mass is 16.4. The number of benzene rings is 1. The van der Waals surface area contributed by atoms with Crippen LogP contribution < -0.4 is 11.1 Å². The smallest absolute Gasteiger partial charge is 0.320 e. The molecule has 1 heterocycles. The van der Waals surface area contributed by atoms with Gasteiger partial charge in [0.15, 0.2) is 0 Å². The summed E-state index contributed by atoms with van der Waals surface area (Å²) in [6, 6.07) is 5.81. The molecular weight excluding hydrogens is 286 g/mol. The minimum atomic E-state index is -0.833. The summed E-state index contributed by atoms with van der Waals surface area (Å²) in [6.45, 7) is 1.12. The molecule has 7 heteroatoms. The summed E-state index contributed by atoms with van der Waals surface area (Å²) in [6.07, 6.45) is 1.69. The van der Waals surface area contributed by atoms with Gasteiger partial charge < -0.3 is 16.2 Å². The Kier molecular flexibility index (Phi) is 5.11. The minimum absolute atomic E-state index is 0.192. The molecule has 0 bridgehead atoms. The molecule has 1 saturated heterocycles. The van der Waals surface area contributed by atoms with E-state index in [1.807, 2.05) is 4.90 Å². The largest absolute Gasteiger partial charge is 0.480 e. The average molecular weight is 305 g/mol. The summed E-state index contributed by atoms with van der Waals surface area (Å²) in [5.41, 5.74) is 6.09. The Morgan fingerprint density at radius 3 is 2.55 bits per heavy atom. The molecule has 4 N–H and O–H groups in total. The maximum atomic E-state index is 11.9. The van der Waals surface area contributed by atoms with Crippen molar-refractivity contribution in [2.24, 2.45) is 5.73 Å². The number of amides is 2. The lowest BCUT2D eigenvalue weighted by Crippen LogP contribution is -2.37. The van der Waals surface area contributed by atoms with Gasteiger partial charge >= 0.3 is 5.97 Å². The van der Waals surface area contributed by atoms with E-state index in [0.717, 1.165) is 6.42 Å². The number of likely N-dealkylation sites (tertiary alicyclic amines) is 1. The molecule has 2 rings (SSSR count). The molecule has 1 atom stereocenters. The Morgan fingerprint density at radius 2 is 1.95 bits per heavy atom. The topological polar surface area (TPSA) is 113 Å². The molecule has 0 radical (unpaired) electrons. The first kappa shape index (κ1) is 16.0. The fourth-order valence-corrected chi connectivity index (χ4v) is 2.56. The Morgan fingerprint density at radius 1 is 1.27 bits per heavy atom. The Bertz CT molecular complexity index is 571. The van der Waals surface area contributed by atoms with Gasteiger partial charge in [-0.2, -0.15) is 0 Å². The molecule has 7 nitrogen and oxygen atoms in total. The first-order valence-corrected chi connectivity index (χ1v) is 7.14. The van der Waals surface area contributed by atoms with Gasteiger partial charge in [0.05, 0.1) is 0 Å². The summed E-state index contributed by atoms with van der Waals surface area (Å²) in [7, 11) is 0. The number of primary amides is 1. The Balaban J connectivity index is 1.83. The highest BCUT2D eigenvalue weighted by Gasteiger charge is 2.30. The van der Waals surface area contributed by atoms with Crippen molar-refractivity contribution in [2.75, 3.05) is 18.4 Å². The third kappa shape index (κ3) is 4.05. The standard InChI is InChI=1S/C15H19N3O4/c16-14(20)10-3-5-11(6-4-10)17-13(19)7-9-18-8-1-2-12(18)15(21)22/h3-6,12H,1-2,7-9H2,(H2,16,20)(H,17,19)(H,21,22)/t12-/m0/s1. The normalized spacial score (nSPS) is 18.1. The van der Waals surface area contributed by atoms with Crippen LogP contribution in [0, 0.1) is 0 Å². The van der Waals surface area contributed by atoms with Gasteiger partial charge in [-0.1, -0.05) is 0 Å². The summed E-state index contributed by atoms with van der Waals surface area (Å²) >= 11 is 0. The third-order valence-corrected chi connectivity index (χ3v) is 3.73. The highest BCUT2D eigenvalue weighted by Crippen LogP contribution is 2.17. The van der Waals surface area contributed by atoms with E-state index in [1.165, 1.54) is 0 Å². The maximum Gasteiger partial charge on any atom is 0.320 e. The molecule has 1 fully saturated rings. The zero-order valence-electron chi connectivity index (χ0n) is 12.1. The molecule has 1 aromatic carbocycles. The van der Waals surface area contributed by atoms with Crippen molar-refractivity contribution in [1.29, 1.82) is 0 Å². The summed E-state index contributed by atoms with van der Waals surface area (Å²) in [5.74, 6) is -1.55. The zero-order valence-corrected chi connectivity index (χ0v) is 12.1. The van der Waals surface area contributed by atoms with Gasteiger partial charge in [-0.05, 0) is 43.7 Å². The van der Waals surface area contributed by atoms with Gasteiger partial charge in [-0.25, -0.2) is 0 Å². The summed E-state index contributed by atoms with van der Waals surface area (Å²) in [4.78, 5) is 35.7. The van der Waals surface area contributed by atoms with Crippen molar-refractivity contribution in [3.05, 3.63) is 29.8 Å². The number of nitrogens with zero attached hydrogens (tertiary/aromatic N) is 1. The number of nitrogens with one attached hydrogen (secondary N) is 1. The number of anilines is 1. The van der Waals surface area contributed by atoms with Gasteiger partial charge in [0.2, 0.25) is 11.8 Å². The van der Waals surface area contributed by atoms with Crippen LogP contribution in [0.25, 0.3) is 0 Å². The second-order valence-corrected chi connectivity index (χ2v) is 5.27. The number of carboxylic acid groups (broad SMARTS) is 1. The number of carbonyl (C=O) groups excluding carboxylic acids is 2. The number of rotatable bonds is 6. The SMILES string of the molecule is NC(=O)c1ccc(NC(=O)CCN2CCC[C@H]2C(=O)O)cc1. The molecule has 22 heavy (non-hydrogen) atoms. The highest BCUT2D eigenvalue weighted by molar-refractivity contribution is 5.94. The van der Waals surface area contributed by atoms with E-state index in [1.54, 1.807) is 24.3 Å². The molecule has 118 valence electrons. The van der Waals surface area contributed by atoms with Crippen molar-refractivity contribution in [3.8, 4) is 0 Å². The monoisotopic (exact) mass is 305 g/mol. The molecule has 0 spiro atoms. The molecule has 0 unspecified atom stereocenters. The first-order valence-electron chi connectivity index (χ1n) is 7.14. The van der Waals surface area contributed by atoms with Gasteiger partial charge in [-0.15, -0.1) is 0 Å². The summed E-state index contributed by atoms with van der Waals surface area (Å²) in [5, 5.41) is 11.8. The molecule has 1 aliphatic heterocycles. The van der Waals surface area contributed by atoms with Crippen LogP contribution >= 0.6 is 0 Å². The van der Waals surface area contributed by atoms with Crippen LogP contribution in [-0.2, 0) is 9.59 Å². The van der Waals surface area contributed by atoms with Crippen LogP contribution in [0.1, 0.15) is 29.6 Å². The van der Waals surface area contributed by atoms with Crippen molar-refractivity contribution >= 4 is 23.5 Å². The lowest BCUT2D eigenvalue weighted by molar-refractivity contribution is -0.142. The molecule has 0 saturated carbocycles. The number of aliphatic carboxylic acids is 1. The van der Waals surface area contributed by atoms with Crippen LogP contribution in [0.5, 0.6) is 0 Å². The van der Waals surface area contributed by atoms with E-state index in [9.17, 15) is 14.4 Å². The Labute approximate surface area is 128 Å². The summed E-state index contributed by atoms with van der Waals surface area (Å²) < 4.78 is 0. The predicted octanol–water partition coefficient (Wildman–Crippen LogP) is 0.663. The number of nitrogens with two attached hydrogens (primary N) is 1. The van der Waals surface area contributed by atoms with Crippen LogP contribution in [0.4, 0.5) is 5.69 Å². The molecule has 0 aliphatic carbocycles. The third-order valence-electron chi connectivity index (χ3n) is 3.73. The number of carbonyl (C=O) groups is 3. The van der Waals surface area contributed by atoms with Gasteiger partial charge in [0, 0.05) is 24.2 Å². The predicted molar refractivity (Wildman–Crippen MR) is 80.4 cm³/mol. The molecule has 2 amide bonds. The Hall–Kier alpha value is -2.41. The number of hydrogen-bond donors (Lipinski definition) is 3. The fraction of sp³-hybridized carbons (Fsp3) is 0.400. The van der Waals surface area contributed by atoms with E-state index in [0.29, 0.717) is 30.8 Å². The maximum absolute atomic E-state index is 11.9. The second kappa shape index (κ2) is 7.04. The minimum Gasteiger partial charge on any atom is -0.480 e. The van der Waals surface area contributed by atoms with Crippen molar-refractivity contribution < 1.29 is 19.5 Å². The quantitative estimate of drug-likeness (QED) is 0.714. The van der Waals surface area contributed by atoms with E-state index in [2.05, 4.69) is 5.32 Å². The van der Waals surface area contributed by atoms with Crippen molar-refractivity contribution in [3.63, 3.8) is 0 Å². The van der Waals surface area contributed by atoms with E-state index in [4.69, 9.17) is 10.8 Å². The molecular formula is C15H19N3O4. The van der Waals surface area contributed by atoms with E-state index < -0.39 is 17.9 Å². The van der Waals surface area contributed by atoms with Crippen LogP contribution in [-0.4, -0.2) is 46.9 Å². The van der Waals surface area contributed by atoms with E-state index in [-0.39, 0.29) is 12.3 Å². The van der Waals surface area contributed by atoms with Gasteiger partial charge in [0.25, 0.3) is 0 Å². The zero-order chi connectivity index (χ0) is 16.1. The number of carboxylic acids is 1. The molecule has 1 aliphatic rings. The van der Waals surface area contributed by atoms with Crippen molar-refractivity contribution in [1.82, 2.24) is 4.90 Å². The first-order chi connectivity index (χ1) is 10.5. The lowest BCUT2D eigenvalue weighted by Gasteiger charge is -2.20. The number of hydrogen-bond acceptors (Lipinski definition) is 4. The van der Waals surface area contributed by atoms with Gasteiger partial charge in [-0.3, -0.25) is 19.3 Å². The fourth-order valence-electron chi connectivity index (χ4n) is 2.56. The van der Waals surface area contributed by atoms with E-state index >= 15 is 0 Å². The lowest BCUT2D eigenvalue weighted by atomic mass is 10.2. The average Bonchev–Trinajstić information content (AvgIpc) is 2.94.